The number of imide groups is 1. The van der Waals surface area contributed by atoms with Crippen molar-refractivity contribution in [2.24, 2.45) is 17.8 Å². The largest absolute Gasteiger partial charge is 0.423 e. The average Bonchev–Trinajstić information content (AvgIpc) is 2.98. The predicted octanol–water partition coefficient (Wildman–Crippen LogP) is 3.74. The SMILES string of the molecule is CC1CCC2C(=O)N(c3ccc(OC(=O)c4cccc([N+](=O)[O-])c4)cc3)C(=O)C2C1. The molecule has 8 heteroatoms. The molecule has 1 saturated carbocycles. The highest BCUT2D eigenvalue weighted by molar-refractivity contribution is 6.22. The van der Waals surface area contributed by atoms with Crippen molar-refractivity contribution < 1.29 is 24.0 Å². The van der Waals surface area contributed by atoms with Gasteiger partial charge in [-0.15, -0.1) is 0 Å². The molecule has 0 aromatic heterocycles. The monoisotopic (exact) mass is 408 g/mol. The van der Waals surface area contributed by atoms with Gasteiger partial charge in [0, 0.05) is 12.1 Å². The van der Waals surface area contributed by atoms with Gasteiger partial charge < -0.3 is 4.74 Å². The van der Waals surface area contributed by atoms with Crippen molar-refractivity contribution in [3.8, 4) is 5.75 Å². The van der Waals surface area contributed by atoms with Crippen LogP contribution in [-0.2, 0) is 9.59 Å². The highest BCUT2D eigenvalue weighted by atomic mass is 16.6. The van der Waals surface area contributed by atoms with Crippen LogP contribution in [-0.4, -0.2) is 22.7 Å². The van der Waals surface area contributed by atoms with Crippen molar-refractivity contribution in [2.45, 2.75) is 26.2 Å². The van der Waals surface area contributed by atoms with Gasteiger partial charge in [-0.2, -0.15) is 0 Å². The zero-order valence-corrected chi connectivity index (χ0v) is 16.3. The average molecular weight is 408 g/mol. The normalized spacial score (nSPS) is 23.2. The molecule has 2 amide bonds. The van der Waals surface area contributed by atoms with Crippen LogP contribution in [0.5, 0.6) is 5.75 Å². The Labute approximate surface area is 172 Å². The molecule has 2 aromatic rings. The van der Waals surface area contributed by atoms with E-state index >= 15 is 0 Å². The van der Waals surface area contributed by atoms with Crippen LogP contribution in [0.2, 0.25) is 0 Å². The van der Waals surface area contributed by atoms with Gasteiger partial charge in [-0.1, -0.05) is 13.0 Å². The third kappa shape index (κ3) is 3.56. The molecule has 1 aliphatic carbocycles. The number of fused-ring (bicyclic) bond motifs is 1. The first-order valence-electron chi connectivity index (χ1n) is 9.79. The summed E-state index contributed by atoms with van der Waals surface area (Å²) in [6.45, 7) is 2.10. The summed E-state index contributed by atoms with van der Waals surface area (Å²) in [4.78, 5) is 49.3. The van der Waals surface area contributed by atoms with Gasteiger partial charge in [0.2, 0.25) is 11.8 Å². The molecule has 4 rings (SSSR count). The standard InChI is InChI=1S/C22H20N2O6/c1-13-5-10-18-19(11-13)21(26)23(20(18)25)15-6-8-17(9-7-15)30-22(27)14-3-2-4-16(12-14)24(28)29/h2-4,6-9,12-13,18-19H,5,10-11H2,1H3. The van der Waals surface area contributed by atoms with Crippen molar-refractivity contribution in [3.05, 3.63) is 64.2 Å². The van der Waals surface area contributed by atoms with Crippen molar-refractivity contribution in [2.75, 3.05) is 4.90 Å². The lowest BCUT2D eigenvalue weighted by Gasteiger charge is -2.25. The fourth-order valence-electron chi connectivity index (χ4n) is 4.22. The molecule has 2 aliphatic rings. The first-order chi connectivity index (χ1) is 14.3. The molecule has 3 unspecified atom stereocenters. The topological polar surface area (TPSA) is 107 Å². The second-order valence-corrected chi connectivity index (χ2v) is 7.83. The highest BCUT2D eigenvalue weighted by Crippen LogP contribution is 2.42. The number of non-ortho nitro benzene ring substituents is 1. The van der Waals surface area contributed by atoms with E-state index in [1.165, 1.54) is 35.2 Å². The summed E-state index contributed by atoms with van der Waals surface area (Å²) >= 11 is 0. The predicted molar refractivity (Wildman–Crippen MR) is 107 cm³/mol. The van der Waals surface area contributed by atoms with Crippen LogP contribution in [0, 0.1) is 27.9 Å². The Kier molecular flexibility index (Phi) is 5.07. The number of esters is 1. The van der Waals surface area contributed by atoms with Crippen LogP contribution < -0.4 is 9.64 Å². The lowest BCUT2D eigenvalue weighted by atomic mass is 9.76. The van der Waals surface area contributed by atoms with E-state index in [-0.39, 0.29) is 40.7 Å². The number of carbonyl (C=O) groups excluding carboxylic acids is 3. The molecular weight excluding hydrogens is 388 g/mol. The van der Waals surface area contributed by atoms with Crippen LogP contribution in [0.15, 0.2) is 48.5 Å². The van der Waals surface area contributed by atoms with Gasteiger partial charge in [-0.25, -0.2) is 4.79 Å². The fourth-order valence-corrected chi connectivity index (χ4v) is 4.22. The number of nitro benzene ring substituents is 1. The minimum Gasteiger partial charge on any atom is -0.423 e. The summed E-state index contributed by atoms with van der Waals surface area (Å²) in [5.41, 5.74) is 0.292. The Morgan fingerprint density at radius 2 is 1.77 bits per heavy atom. The zero-order valence-electron chi connectivity index (χ0n) is 16.3. The van der Waals surface area contributed by atoms with Gasteiger partial charge >= 0.3 is 5.97 Å². The van der Waals surface area contributed by atoms with Gasteiger partial charge in [0.1, 0.15) is 5.75 Å². The highest BCUT2D eigenvalue weighted by Gasteiger charge is 2.49. The number of ether oxygens (including phenoxy) is 1. The minimum absolute atomic E-state index is 0.0522. The van der Waals surface area contributed by atoms with Crippen molar-refractivity contribution in [1.29, 1.82) is 0 Å². The summed E-state index contributed by atoms with van der Waals surface area (Å²) in [7, 11) is 0. The van der Waals surface area contributed by atoms with E-state index in [2.05, 4.69) is 6.92 Å². The molecule has 1 aliphatic heterocycles. The Hall–Kier alpha value is -3.55. The van der Waals surface area contributed by atoms with Crippen LogP contribution >= 0.6 is 0 Å². The van der Waals surface area contributed by atoms with Gasteiger partial charge in [0.05, 0.1) is 28.0 Å². The van der Waals surface area contributed by atoms with Crippen LogP contribution in [0.25, 0.3) is 0 Å². The van der Waals surface area contributed by atoms with Crippen molar-refractivity contribution >= 4 is 29.2 Å². The van der Waals surface area contributed by atoms with E-state index in [1.807, 2.05) is 0 Å². The number of anilines is 1. The number of nitrogens with zero attached hydrogens (tertiary/aromatic N) is 2. The van der Waals surface area contributed by atoms with Gasteiger partial charge in [0.15, 0.2) is 0 Å². The summed E-state index contributed by atoms with van der Waals surface area (Å²) in [6.07, 6.45) is 2.40. The van der Waals surface area contributed by atoms with E-state index in [0.717, 1.165) is 25.3 Å². The number of carbonyl (C=O) groups is 3. The minimum atomic E-state index is -0.736. The first-order valence-corrected chi connectivity index (χ1v) is 9.79. The number of amides is 2. The summed E-state index contributed by atoms with van der Waals surface area (Å²) in [5.74, 6) is -0.942. The molecule has 1 heterocycles. The molecule has 2 fully saturated rings. The number of benzene rings is 2. The molecule has 154 valence electrons. The van der Waals surface area contributed by atoms with Crippen LogP contribution in [0.4, 0.5) is 11.4 Å². The van der Waals surface area contributed by atoms with E-state index in [4.69, 9.17) is 4.74 Å². The Morgan fingerprint density at radius 3 is 2.47 bits per heavy atom. The Balaban J connectivity index is 1.49. The fraction of sp³-hybridized carbons (Fsp3) is 0.318. The van der Waals surface area contributed by atoms with E-state index in [1.54, 1.807) is 12.1 Å². The van der Waals surface area contributed by atoms with Crippen LogP contribution in [0.3, 0.4) is 0 Å². The number of nitro groups is 1. The second kappa shape index (κ2) is 7.70. The zero-order chi connectivity index (χ0) is 21.4. The summed E-state index contributed by atoms with van der Waals surface area (Å²) in [5, 5.41) is 10.9. The maximum absolute atomic E-state index is 12.8. The molecule has 0 bridgehead atoms. The van der Waals surface area contributed by atoms with E-state index in [9.17, 15) is 24.5 Å². The van der Waals surface area contributed by atoms with Gasteiger partial charge in [-0.05, 0) is 55.5 Å². The third-order valence-corrected chi connectivity index (χ3v) is 5.79. The van der Waals surface area contributed by atoms with Crippen molar-refractivity contribution in [1.82, 2.24) is 0 Å². The lowest BCUT2D eigenvalue weighted by Crippen LogP contribution is -2.30. The maximum Gasteiger partial charge on any atom is 0.343 e. The number of hydrogen-bond acceptors (Lipinski definition) is 6. The first kappa shape index (κ1) is 19.8. The van der Waals surface area contributed by atoms with Gasteiger partial charge in [-0.3, -0.25) is 24.6 Å². The Morgan fingerprint density at radius 1 is 1.07 bits per heavy atom. The third-order valence-electron chi connectivity index (χ3n) is 5.79. The van der Waals surface area contributed by atoms with E-state index < -0.39 is 10.9 Å². The maximum atomic E-state index is 12.8. The Bertz CT molecular complexity index is 1030. The molecule has 2 aromatic carbocycles. The quantitative estimate of drug-likeness (QED) is 0.251. The van der Waals surface area contributed by atoms with Gasteiger partial charge in [0.25, 0.3) is 5.69 Å². The molecule has 8 nitrogen and oxygen atoms in total. The van der Waals surface area contributed by atoms with Crippen LogP contribution in [0.1, 0.15) is 36.5 Å². The molecule has 30 heavy (non-hydrogen) atoms. The molecular formula is C22H20N2O6. The molecule has 3 atom stereocenters. The number of hydrogen-bond donors (Lipinski definition) is 0. The molecule has 0 N–H and O–H groups in total. The smallest absolute Gasteiger partial charge is 0.343 e. The molecule has 0 spiro atoms. The van der Waals surface area contributed by atoms with E-state index in [0.29, 0.717) is 11.6 Å². The lowest BCUT2D eigenvalue weighted by molar-refractivity contribution is -0.384. The van der Waals surface area contributed by atoms with Crippen molar-refractivity contribution in [3.63, 3.8) is 0 Å². The molecule has 0 radical (unpaired) electrons. The second-order valence-electron chi connectivity index (χ2n) is 7.83. The molecule has 1 saturated heterocycles. The summed E-state index contributed by atoms with van der Waals surface area (Å²) in [6, 6.07) is 11.4. The number of rotatable bonds is 4. The summed E-state index contributed by atoms with van der Waals surface area (Å²) < 4.78 is 5.27.